The predicted octanol–water partition coefficient (Wildman–Crippen LogP) is 3.02. The normalized spacial score (nSPS) is 14.4. The van der Waals surface area contributed by atoms with Crippen LogP contribution in [0.3, 0.4) is 0 Å². The molecule has 0 aliphatic heterocycles. The Hall–Kier alpha value is -1.31. The number of rotatable bonds is 2. The molecule has 0 fully saturated rings. The number of methoxy groups -OCH3 is 1. The average molecular weight is 194 g/mol. The number of hydrogen-bond donors (Lipinski definition) is 0. The van der Waals surface area contributed by atoms with E-state index in [-0.39, 0.29) is 5.97 Å². The Balaban J connectivity index is 0.000000791. The quantitative estimate of drug-likeness (QED) is 0.499. The van der Waals surface area contributed by atoms with Gasteiger partial charge in [-0.05, 0) is 24.5 Å². The maximum atomic E-state index is 10.7. The fourth-order valence-electron chi connectivity index (χ4n) is 0.990. The lowest BCUT2D eigenvalue weighted by molar-refractivity contribution is -0.134. The molecule has 0 heterocycles. The maximum Gasteiger partial charge on any atom is 0.330 e. The summed E-state index contributed by atoms with van der Waals surface area (Å²) in [6.45, 7) is 4.00. The molecule has 0 unspecified atom stereocenters. The van der Waals surface area contributed by atoms with E-state index in [1.807, 2.05) is 19.9 Å². The van der Waals surface area contributed by atoms with E-state index >= 15 is 0 Å². The van der Waals surface area contributed by atoms with Crippen molar-refractivity contribution < 1.29 is 9.53 Å². The van der Waals surface area contributed by atoms with Crippen molar-refractivity contribution in [2.75, 3.05) is 7.11 Å². The van der Waals surface area contributed by atoms with E-state index in [4.69, 9.17) is 0 Å². The monoisotopic (exact) mass is 194 g/mol. The van der Waals surface area contributed by atoms with Crippen molar-refractivity contribution in [3.63, 3.8) is 0 Å². The summed E-state index contributed by atoms with van der Waals surface area (Å²) < 4.78 is 4.46. The molecule has 78 valence electrons. The Morgan fingerprint density at radius 3 is 2.64 bits per heavy atom. The van der Waals surface area contributed by atoms with Crippen LogP contribution < -0.4 is 0 Å². The molecule has 0 saturated carbocycles. The summed E-state index contributed by atoms with van der Waals surface area (Å²) in [5.74, 6) is -0.310. The molecule has 1 aliphatic carbocycles. The number of carbonyl (C=O) groups is 1. The minimum absolute atomic E-state index is 0.310. The third kappa shape index (κ3) is 5.36. The number of allylic oxidation sites excluding steroid dienone is 5. The second kappa shape index (κ2) is 8.30. The molecule has 1 aliphatic rings. The van der Waals surface area contributed by atoms with E-state index in [1.54, 1.807) is 6.08 Å². The van der Waals surface area contributed by atoms with Crippen LogP contribution in [-0.2, 0) is 9.53 Å². The fourth-order valence-corrected chi connectivity index (χ4v) is 0.990. The first-order chi connectivity index (χ1) is 6.83. The zero-order chi connectivity index (χ0) is 10.8. The van der Waals surface area contributed by atoms with Crippen molar-refractivity contribution in [1.82, 2.24) is 0 Å². The highest BCUT2D eigenvalue weighted by molar-refractivity contribution is 5.82. The zero-order valence-electron chi connectivity index (χ0n) is 9.12. The summed E-state index contributed by atoms with van der Waals surface area (Å²) in [6, 6.07) is 0. The summed E-state index contributed by atoms with van der Waals surface area (Å²) in [4.78, 5) is 10.7. The van der Waals surface area contributed by atoms with E-state index in [2.05, 4.69) is 16.9 Å². The first-order valence-corrected chi connectivity index (χ1v) is 4.95. The molecule has 0 N–H and O–H groups in total. The Bertz CT molecular complexity index is 247. The Morgan fingerprint density at radius 1 is 1.43 bits per heavy atom. The van der Waals surface area contributed by atoms with E-state index < -0.39 is 0 Å². The van der Waals surface area contributed by atoms with Gasteiger partial charge in [0.05, 0.1) is 7.11 Å². The molecule has 2 heteroatoms. The number of hydrogen-bond acceptors (Lipinski definition) is 2. The topological polar surface area (TPSA) is 26.3 Å². The SMILES string of the molecule is CC.COC(=O)/C=C/C1=CCCC=C1. The molecule has 0 atom stereocenters. The van der Waals surface area contributed by atoms with Crippen LogP contribution in [0.4, 0.5) is 0 Å². The molecule has 0 aromatic rings. The van der Waals surface area contributed by atoms with Crippen molar-refractivity contribution >= 4 is 5.97 Å². The van der Waals surface area contributed by atoms with Gasteiger partial charge in [-0.1, -0.05) is 32.1 Å². The number of ether oxygens (including phenoxy) is 1. The molecule has 0 amide bonds. The van der Waals surface area contributed by atoms with Gasteiger partial charge in [0.15, 0.2) is 0 Å². The fraction of sp³-hybridized carbons (Fsp3) is 0.417. The van der Waals surface area contributed by atoms with E-state index in [0.717, 1.165) is 18.4 Å². The van der Waals surface area contributed by atoms with Crippen LogP contribution in [-0.4, -0.2) is 13.1 Å². The third-order valence-electron chi connectivity index (χ3n) is 1.64. The van der Waals surface area contributed by atoms with Gasteiger partial charge in [0.1, 0.15) is 0 Å². The van der Waals surface area contributed by atoms with Gasteiger partial charge < -0.3 is 4.74 Å². The van der Waals surface area contributed by atoms with Gasteiger partial charge in [-0.25, -0.2) is 4.79 Å². The molecule has 0 radical (unpaired) electrons. The van der Waals surface area contributed by atoms with Crippen molar-refractivity contribution in [1.29, 1.82) is 0 Å². The Morgan fingerprint density at radius 2 is 2.14 bits per heavy atom. The van der Waals surface area contributed by atoms with Gasteiger partial charge in [-0.3, -0.25) is 0 Å². The highest BCUT2D eigenvalue weighted by Crippen LogP contribution is 2.10. The van der Waals surface area contributed by atoms with Crippen LogP contribution in [0.25, 0.3) is 0 Å². The highest BCUT2D eigenvalue weighted by Gasteiger charge is 1.94. The van der Waals surface area contributed by atoms with E-state index in [9.17, 15) is 4.79 Å². The second-order valence-electron chi connectivity index (χ2n) is 2.54. The predicted molar refractivity (Wildman–Crippen MR) is 59.0 cm³/mol. The second-order valence-corrected chi connectivity index (χ2v) is 2.54. The molecule has 0 bridgehead atoms. The third-order valence-corrected chi connectivity index (χ3v) is 1.64. The molecular weight excluding hydrogens is 176 g/mol. The minimum atomic E-state index is -0.310. The first kappa shape index (κ1) is 12.7. The lowest BCUT2D eigenvalue weighted by atomic mass is 10.1. The van der Waals surface area contributed by atoms with E-state index in [1.165, 1.54) is 13.2 Å². The number of esters is 1. The summed E-state index contributed by atoms with van der Waals surface area (Å²) >= 11 is 0. The van der Waals surface area contributed by atoms with Crippen LogP contribution in [0.5, 0.6) is 0 Å². The molecule has 14 heavy (non-hydrogen) atoms. The van der Waals surface area contributed by atoms with Crippen molar-refractivity contribution in [3.05, 3.63) is 36.0 Å². The lowest BCUT2D eigenvalue weighted by Gasteiger charge is -1.99. The van der Waals surface area contributed by atoms with Gasteiger partial charge in [-0.2, -0.15) is 0 Å². The Kier molecular flexibility index (Phi) is 7.52. The molecule has 0 spiro atoms. The first-order valence-electron chi connectivity index (χ1n) is 4.95. The van der Waals surface area contributed by atoms with Crippen molar-refractivity contribution in [3.8, 4) is 0 Å². The molecule has 0 aromatic carbocycles. The van der Waals surface area contributed by atoms with Crippen molar-refractivity contribution in [2.24, 2.45) is 0 Å². The van der Waals surface area contributed by atoms with Crippen LogP contribution in [0.1, 0.15) is 26.7 Å². The summed E-state index contributed by atoms with van der Waals surface area (Å²) in [5.41, 5.74) is 1.08. The van der Waals surface area contributed by atoms with Gasteiger partial charge >= 0.3 is 5.97 Å². The zero-order valence-corrected chi connectivity index (χ0v) is 9.12. The van der Waals surface area contributed by atoms with Crippen LogP contribution in [0.2, 0.25) is 0 Å². The van der Waals surface area contributed by atoms with Gasteiger partial charge in [0, 0.05) is 6.08 Å². The molecule has 0 saturated heterocycles. The van der Waals surface area contributed by atoms with Gasteiger partial charge in [-0.15, -0.1) is 0 Å². The van der Waals surface area contributed by atoms with Crippen LogP contribution >= 0.6 is 0 Å². The minimum Gasteiger partial charge on any atom is -0.466 e. The van der Waals surface area contributed by atoms with Gasteiger partial charge in [0.25, 0.3) is 0 Å². The molecule has 2 nitrogen and oxygen atoms in total. The number of carbonyl (C=O) groups excluding carboxylic acids is 1. The average Bonchev–Trinajstić information content (AvgIpc) is 2.30. The largest absolute Gasteiger partial charge is 0.466 e. The molecular formula is C12H18O2. The van der Waals surface area contributed by atoms with Crippen molar-refractivity contribution in [2.45, 2.75) is 26.7 Å². The molecule has 1 rings (SSSR count). The summed E-state index contributed by atoms with van der Waals surface area (Å²) in [7, 11) is 1.37. The summed E-state index contributed by atoms with van der Waals surface area (Å²) in [6.07, 6.45) is 11.5. The molecule has 0 aromatic heterocycles. The van der Waals surface area contributed by atoms with Crippen LogP contribution in [0, 0.1) is 0 Å². The highest BCUT2D eigenvalue weighted by atomic mass is 16.5. The van der Waals surface area contributed by atoms with Gasteiger partial charge in [0.2, 0.25) is 0 Å². The van der Waals surface area contributed by atoms with Crippen LogP contribution in [0.15, 0.2) is 36.0 Å². The smallest absolute Gasteiger partial charge is 0.330 e. The lowest BCUT2D eigenvalue weighted by Crippen LogP contribution is -1.94. The standard InChI is InChI=1S/C10H12O2.C2H6/c1-12-10(11)8-7-9-5-3-2-4-6-9;1-2/h3,5-8H,2,4H2,1H3;1-2H3/b8-7+;. The van der Waals surface area contributed by atoms with E-state index in [0.29, 0.717) is 0 Å². The maximum absolute atomic E-state index is 10.7. The Labute approximate surface area is 86.0 Å². The summed E-state index contributed by atoms with van der Waals surface area (Å²) in [5, 5.41) is 0.